The van der Waals surface area contributed by atoms with Crippen LogP contribution in [0.3, 0.4) is 0 Å². The van der Waals surface area contributed by atoms with Crippen molar-refractivity contribution in [2.75, 3.05) is 0 Å². The molecule has 1 saturated carbocycles. The Labute approximate surface area is 118 Å². The maximum absolute atomic E-state index is 6.52. The van der Waals surface area contributed by atoms with Crippen LogP contribution >= 0.6 is 0 Å². The lowest BCUT2D eigenvalue weighted by Crippen LogP contribution is -2.29. The fraction of sp³-hybridized carbons (Fsp3) is 0.667. The zero-order valence-corrected chi connectivity index (χ0v) is 12.9. The van der Waals surface area contributed by atoms with Crippen molar-refractivity contribution >= 4 is 0 Å². The van der Waals surface area contributed by atoms with Crippen LogP contribution in [0.1, 0.15) is 70.0 Å². The van der Waals surface area contributed by atoms with Crippen molar-refractivity contribution in [3.05, 3.63) is 35.4 Å². The van der Waals surface area contributed by atoms with Gasteiger partial charge in [-0.05, 0) is 54.1 Å². The van der Waals surface area contributed by atoms with E-state index in [1.54, 1.807) is 0 Å². The van der Waals surface area contributed by atoms with Gasteiger partial charge in [-0.1, -0.05) is 52.0 Å². The van der Waals surface area contributed by atoms with Crippen molar-refractivity contribution in [2.24, 2.45) is 23.5 Å². The molecule has 19 heavy (non-hydrogen) atoms. The molecule has 106 valence electrons. The number of nitrogens with two attached hydrogens (primary N) is 1. The summed E-state index contributed by atoms with van der Waals surface area (Å²) in [4.78, 5) is 0. The van der Waals surface area contributed by atoms with E-state index in [9.17, 15) is 0 Å². The van der Waals surface area contributed by atoms with E-state index in [0.29, 0.717) is 11.8 Å². The first-order valence-corrected chi connectivity index (χ1v) is 7.82. The fourth-order valence-electron chi connectivity index (χ4n) is 3.68. The number of benzene rings is 1. The van der Waals surface area contributed by atoms with Crippen LogP contribution in [0.15, 0.2) is 24.3 Å². The summed E-state index contributed by atoms with van der Waals surface area (Å²) in [6.07, 6.45) is 3.95. The molecule has 1 heteroatoms. The van der Waals surface area contributed by atoms with Crippen molar-refractivity contribution in [2.45, 2.75) is 58.9 Å². The molecule has 1 fully saturated rings. The van der Waals surface area contributed by atoms with Crippen molar-refractivity contribution in [1.82, 2.24) is 0 Å². The molecule has 3 atom stereocenters. The van der Waals surface area contributed by atoms with Gasteiger partial charge in [0.2, 0.25) is 0 Å². The average molecular weight is 259 g/mol. The zero-order valence-electron chi connectivity index (χ0n) is 12.9. The molecule has 1 nitrogen and oxygen atoms in total. The summed E-state index contributed by atoms with van der Waals surface area (Å²) >= 11 is 0. The molecular formula is C18H29N. The van der Waals surface area contributed by atoms with E-state index < -0.39 is 0 Å². The molecule has 0 aliphatic heterocycles. The third-order valence-electron chi connectivity index (χ3n) is 4.71. The summed E-state index contributed by atoms with van der Waals surface area (Å²) in [7, 11) is 0. The van der Waals surface area contributed by atoms with Crippen LogP contribution in [0.4, 0.5) is 0 Å². The molecule has 1 aromatic carbocycles. The van der Waals surface area contributed by atoms with Crippen molar-refractivity contribution in [3.8, 4) is 0 Å². The lowest BCUT2D eigenvalue weighted by atomic mass is 9.72. The molecule has 1 aliphatic rings. The van der Waals surface area contributed by atoms with Crippen molar-refractivity contribution in [1.29, 1.82) is 0 Å². The van der Waals surface area contributed by atoms with E-state index in [2.05, 4.69) is 52.0 Å². The first kappa shape index (κ1) is 14.6. The molecule has 0 spiro atoms. The van der Waals surface area contributed by atoms with Gasteiger partial charge >= 0.3 is 0 Å². The van der Waals surface area contributed by atoms with E-state index in [1.165, 1.54) is 30.4 Å². The van der Waals surface area contributed by atoms with Gasteiger partial charge in [0.1, 0.15) is 0 Å². The van der Waals surface area contributed by atoms with E-state index >= 15 is 0 Å². The largest absolute Gasteiger partial charge is 0.324 e. The number of rotatable bonds is 3. The maximum Gasteiger partial charge on any atom is 0.0323 e. The average Bonchev–Trinajstić information content (AvgIpc) is 2.37. The van der Waals surface area contributed by atoms with Gasteiger partial charge in [-0.3, -0.25) is 0 Å². The molecule has 0 aromatic heterocycles. The second kappa shape index (κ2) is 6.09. The Bertz CT molecular complexity index is 383. The first-order valence-electron chi connectivity index (χ1n) is 7.82. The molecule has 0 heterocycles. The lowest BCUT2D eigenvalue weighted by Gasteiger charge is -2.35. The third-order valence-corrected chi connectivity index (χ3v) is 4.71. The van der Waals surface area contributed by atoms with E-state index in [4.69, 9.17) is 5.73 Å². The minimum atomic E-state index is 0.214. The molecule has 0 amide bonds. The molecule has 1 aliphatic carbocycles. The van der Waals surface area contributed by atoms with Crippen LogP contribution in [0.2, 0.25) is 0 Å². The second-order valence-electron chi connectivity index (χ2n) is 7.02. The van der Waals surface area contributed by atoms with Gasteiger partial charge in [-0.2, -0.15) is 0 Å². The Morgan fingerprint density at radius 2 is 1.37 bits per heavy atom. The molecule has 3 unspecified atom stereocenters. The van der Waals surface area contributed by atoms with Crippen molar-refractivity contribution in [3.63, 3.8) is 0 Å². The predicted molar refractivity (Wildman–Crippen MR) is 83.1 cm³/mol. The number of hydrogen-bond donors (Lipinski definition) is 1. The van der Waals surface area contributed by atoms with Crippen LogP contribution in [0.5, 0.6) is 0 Å². The summed E-state index contributed by atoms with van der Waals surface area (Å²) in [6, 6.07) is 9.19. The second-order valence-corrected chi connectivity index (χ2v) is 7.02. The maximum atomic E-state index is 6.52. The summed E-state index contributed by atoms with van der Waals surface area (Å²) in [5.41, 5.74) is 9.24. The highest BCUT2D eigenvalue weighted by molar-refractivity contribution is 5.27. The lowest BCUT2D eigenvalue weighted by molar-refractivity contribution is 0.193. The summed E-state index contributed by atoms with van der Waals surface area (Å²) < 4.78 is 0. The Morgan fingerprint density at radius 1 is 0.895 bits per heavy atom. The fourth-order valence-corrected chi connectivity index (χ4v) is 3.68. The van der Waals surface area contributed by atoms with Gasteiger partial charge in [0, 0.05) is 6.04 Å². The predicted octanol–water partition coefficient (Wildman–Crippen LogP) is 4.88. The van der Waals surface area contributed by atoms with Gasteiger partial charge in [0.15, 0.2) is 0 Å². The third kappa shape index (κ3) is 3.60. The molecule has 1 aromatic rings. The van der Waals surface area contributed by atoms with Gasteiger partial charge in [0.05, 0.1) is 0 Å². The summed E-state index contributed by atoms with van der Waals surface area (Å²) in [5.74, 6) is 2.91. The quantitative estimate of drug-likeness (QED) is 0.822. The molecule has 0 bridgehead atoms. The molecule has 2 rings (SSSR count). The standard InChI is InChI=1S/C18H29N/c1-12(2)15-5-7-16(8-6-15)18(19)17-10-13(3)9-14(4)11-17/h5-8,12-14,17-18H,9-11,19H2,1-4H3. The van der Waals surface area contributed by atoms with Crippen LogP contribution in [0, 0.1) is 17.8 Å². The highest BCUT2D eigenvalue weighted by atomic mass is 14.7. The molecular weight excluding hydrogens is 230 g/mol. The molecule has 0 saturated heterocycles. The Balaban J connectivity index is 2.08. The van der Waals surface area contributed by atoms with Gasteiger partial charge in [-0.15, -0.1) is 0 Å². The minimum Gasteiger partial charge on any atom is -0.324 e. The van der Waals surface area contributed by atoms with Gasteiger partial charge in [-0.25, -0.2) is 0 Å². The van der Waals surface area contributed by atoms with Gasteiger partial charge < -0.3 is 5.73 Å². The zero-order chi connectivity index (χ0) is 14.0. The monoisotopic (exact) mass is 259 g/mol. The first-order chi connectivity index (χ1) is 8.97. The van der Waals surface area contributed by atoms with Crippen molar-refractivity contribution < 1.29 is 0 Å². The number of hydrogen-bond acceptors (Lipinski definition) is 1. The van der Waals surface area contributed by atoms with E-state index in [-0.39, 0.29) is 6.04 Å². The Hall–Kier alpha value is -0.820. The van der Waals surface area contributed by atoms with Crippen LogP contribution < -0.4 is 5.73 Å². The SMILES string of the molecule is CC1CC(C)CC(C(N)c2ccc(C(C)C)cc2)C1. The molecule has 2 N–H and O–H groups in total. The van der Waals surface area contributed by atoms with E-state index in [1.807, 2.05) is 0 Å². The topological polar surface area (TPSA) is 26.0 Å². The van der Waals surface area contributed by atoms with E-state index in [0.717, 1.165) is 11.8 Å². The van der Waals surface area contributed by atoms with Crippen LogP contribution in [-0.4, -0.2) is 0 Å². The summed E-state index contributed by atoms with van der Waals surface area (Å²) in [6.45, 7) is 9.22. The van der Waals surface area contributed by atoms with Gasteiger partial charge in [0.25, 0.3) is 0 Å². The Morgan fingerprint density at radius 3 is 1.84 bits per heavy atom. The normalized spacial score (nSPS) is 29.5. The van der Waals surface area contributed by atoms with Crippen LogP contribution in [-0.2, 0) is 0 Å². The highest BCUT2D eigenvalue weighted by Gasteiger charge is 2.28. The summed E-state index contributed by atoms with van der Waals surface area (Å²) in [5, 5.41) is 0. The van der Waals surface area contributed by atoms with Crippen LogP contribution in [0.25, 0.3) is 0 Å². The smallest absolute Gasteiger partial charge is 0.0323 e. The highest BCUT2D eigenvalue weighted by Crippen LogP contribution is 2.38. The molecule has 0 radical (unpaired) electrons. The Kier molecular flexibility index (Phi) is 4.67. The minimum absolute atomic E-state index is 0.214.